The van der Waals surface area contributed by atoms with E-state index in [2.05, 4.69) is 58.9 Å². The van der Waals surface area contributed by atoms with E-state index in [0.717, 1.165) is 6.54 Å². The van der Waals surface area contributed by atoms with Gasteiger partial charge in [0.25, 0.3) is 5.91 Å². The van der Waals surface area contributed by atoms with Crippen LogP contribution in [-0.4, -0.2) is 29.7 Å². The van der Waals surface area contributed by atoms with Crippen LogP contribution in [0.3, 0.4) is 0 Å². The number of anilines is 1. The van der Waals surface area contributed by atoms with Gasteiger partial charge in [0.15, 0.2) is 5.69 Å². The van der Waals surface area contributed by atoms with Crippen molar-refractivity contribution in [2.45, 2.75) is 19.8 Å². The third kappa shape index (κ3) is 4.02. The minimum atomic E-state index is -0.234. The first-order chi connectivity index (χ1) is 10.1. The van der Waals surface area contributed by atoms with Gasteiger partial charge < -0.3 is 10.6 Å². The molecule has 1 atom stereocenters. The fourth-order valence-electron chi connectivity index (χ4n) is 2.03. The van der Waals surface area contributed by atoms with Gasteiger partial charge in [0.1, 0.15) is 5.82 Å². The molecule has 21 heavy (non-hydrogen) atoms. The highest BCUT2D eigenvalue weighted by atomic mass is 16.1. The molecular formula is C16H20N4O. The van der Waals surface area contributed by atoms with Gasteiger partial charge in [-0.2, -0.15) is 0 Å². The number of nitrogens with zero attached hydrogens (tertiary/aromatic N) is 2. The van der Waals surface area contributed by atoms with Crippen molar-refractivity contribution < 1.29 is 4.79 Å². The van der Waals surface area contributed by atoms with Gasteiger partial charge in [-0.25, -0.2) is 0 Å². The second-order valence-electron chi connectivity index (χ2n) is 5.08. The monoisotopic (exact) mass is 284 g/mol. The number of hydrogen-bond donors (Lipinski definition) is 2. The first-order valence-electron chi connectivity index (χ1n) is 6.96. The number of nitrogens with one attached hydrogen (secondary N) is 2. The van der Waals surface area contributed by atoms with Gasteiger partial charge in [-0.15, -0.1) is 10.2 Å². The summed E-state index contributed by atoms with van der Waals surface area (Å²) in [6.07, 6.45) is 0. The van der Waals surface area contributed by atoms with Gasteiger partial charge in [-0.3, -0.25) is 4.79 Å². The van der Waals surface area contributed by atoms with E-state index in [1.54, 1.807) is 19.2 Å². The van der Waals surface area contributed by atoms with Crippen LogP contribution in [0.15, 0.2) is 36.4 Å². The fraction of sp³-hybridized carbons (Fsp3) is 0.312. The molecule has 0 aliphatic heterocycles. The molecule has 1 unspecified atom stereocenters. The molecule has 1 aromatic carbocycles. The first kappa shape index (κ1) is 15.0. The third-order valence-electron chi connectivity index (χ3n) is 3.32. The van der Waals surface area contributed by atoms with Gasteiger partial charge in [0.2, 0.25) is 0 Å². The summed E-state index contributed by atoms with van der Waals surface area (Å²) in [7, 11) is 1.57. The molecule has 2 aromatic rings. The highest BCUT2D eigenvalue weighted by Gasteiger charge is 2.08. The summed E-state index contributed by atoms with van der Waals surface area (Å²) in [6, 6.07) is 11.9. The lowest BCUT2D eigenvalue weighted by Gasteiger charge is -2.14. The van der Waals surface area contributed by atoms with Gasteiger partial charge in [0, 0.05) is 13.6 Å². The number of benzene rings is 1. The lowest BCUT2D eigenvalue weighted by Crippen LogP contribution is -2.20. The predicted molar refractivity (Wildman–Crippen MR) is 83.5 cm³/mol. The maximum absolute atomic E-state index is 11.4. The van der Waals surface area contributed by atoms with E-state index in [1.807, 2.05) is 0 Å². The molecule has 0 aliphatic rings. The Kier molecular flexibility index (Phi) is 4.87. The minimum Gasteiger partial charge on any atom is -0.368 e. The maximum Gasteiger partial charge on any atom is 0.271 e. The first-order valence-corrected chi connectivity index (χ1v) is 6.96. The number of aromatic nitrogens is 2. The zero-order valence-corrected chi connectivity index (χ0v) is 12.6. The average Bonchev–Trinajstić information content (AvgIpc) is 2.52. The second kappa shape index (κ2) is 6.83. The molecule has 1 amide bonds. The van der Waals surface area contributed by atoms with Gasteiger partial charge in [-0.05, 0) is 30.5 Å². The van der Waals surface area contributed by atoms with Crippen LogP contribution in [0.4, 0.5) is 5.82 Å². The second-order valence-corrected chi connectivity index (χ2v) is 5.08. The zero-order valence-electron chi connectivity index (χ0n) is 12.6. The Morgan fingerprint density at radius 2 is 2.05 bits per heavy atom. The lowest BCUT2D eigenvalue weighted by molar-refractivity contribution is 0.0957. The Balaban J connectivity index is 1.95. The molecule has 0 saturated heterocycles. The summed E-state index contributed by atoms with van der Waals surface area (Å²) in [5.74, 6) is 0.801. The van der Waals surface area contributed by atoms with Crippen LogP contribution in [0.2, 0.25) is 0 Å². The van der Waals surface area contributed by atoms with Crippen LogP contribution in [0.25, 0.3) is 0 Å². The van der Waals surface area contributed by atoms with E-state index >= 15 is 0 Å². The Morgan fingerprint density at radius 1 is 1.24 bits per heavy atom. The molecule has 0 spiro atoms. The number of amides is 1. The summed E-state index contributed by atoms with van der Waals surface area (Å²) < 4.78 is 0. The quantitative estimate of drug-likeness (QED) is 0.884. The van der Waals surface area contributed by atoms with E-state index in [0.29, 0.717) is 17.4 Å². The van der Waals surface area contributed by atoms with Gasteiger partial charge >= 0.3 is 0 Å². The van der Waals surface area contributed by atoms with Crippen molar-refractivity contribution in [3.8, 4) is 0 Å². The number of aryl methyl sites for hydroxylation is 1. The summed E-state index contributed by atoms with van der Waals surface area (Å²) in [4.78, 5) is 11.4. The van der Waals surface area contributed by atoms with Crippen molar-refractivity contribution in [1.29, 1.82) is 0 Å². The summed E-state index contributed by atoms with van der Waals surface area (Å²) in [5, 5.41) is 13.7. The summed E-state index contributed by atoms with van der Waals surface area (Å²) in [5.41, 5.74) is 2.86. The van der Waals surface area contributed by atoms with Crippen LogP contribution >= 0.6 is 0 Å². The van der Waals surface area contributed by atoms with Crippen molar-refractivity contribution in [3.63, 3.8) is 0 Å². The molecule has 110 valence electrons. The molecular weight excluding hydrogens is 264 g/mol. The van der Waals surface area contributed by atoms with Crippen molar-refractivity contribution in [2.75, 3.05) is 18.9 Å². The summed E-state index contributed by atoms with van der Waals surface area (Å²) in [6.45, 7) is 5.01. The number of rotatable bonds is 5. The zero-order chi connectivity index (χ0) is 15.2. The van der Waals surface area contributed by atoms with Crippen LogP contribution in [0, 0.1) is 6.92 Å². The minimum absolute atomic E-state index is 0.234. The van der Waals surface area contributed by atoms with E-state index in [9.17, 15) is 4.79 Å². The smallest absolute Gasteiger partial charge is 0.271 e. The standard InChI is InChI=1S/C16H20N4O/c1-11-5-4-6-13(9-11)12(2)10-18-15-8-7-14(19-20-15)16(21)17-3/h4-9,12H,10H2,1-3H3,(H,17,21)(H,18,20). The van der Waals surface area contributed by atoms with Crippen LogP contribution in [-0.2, 0) is 0 Å². The van der Waals surface area contributed by atoms with Crippen molar-refractivity contribution in [2.24, 2.45) is 0 Å². The molecule has 2 rings (SSSR count). The Bertz CT molecular complexity index is 610. The molecule has 0 aliphatic carbocycles. The molecule has 5 heteroatoms. The van der Waals surface area contributed by atoms with Crippen LogP contribution in [0.1, 0.15) is 34.5 Å². The maximum atomic E-state index is 11.4. The normalized spacial score (nSPS) is 11.8. The van der Waals surface area contributed by atoms with E-state index < -0.39 is 0 Å². The van der Waals surface area contributed by atoms with E-state index in [-0.39, 0.29) is 5.91 Å². The van der Waals surface area contributed by atoms with Crippen molar-refractivity contribution in [1.82, 2.24) is 15.5 Å². The van der Waals surface area contributed by atoms with Gasteiger partial charge in [0.05, 0.1) is 0 Å². The SMILES string of the molecule is CNC(=O)c1ccc(NCC(C)c2cccc(C)c2)nn1. The Morgan fingerprint density at radius 3 is 2.67 bits per heavy atom. The predicted octanol–water partition coefficient (Wildman–Crippen LogP) is 2.36. The largest absolute Gasteiger partial charge is 0.368 e. The average molecular weight is 284 g/mol. The summed E-state index contributed by atoms with van der Waals surface area (Å²) >= 11 is 0. The van der Waals surface area contributed by atoms with E-state index in [1.165, 1.54) is 11.1 Å². The van der Waals surface area contributed by atoms with Crippen LogP contribution < -0.4 is 10.6 Å². The number of carbonyl (C=O) groups is 1. The highest BCUT2D eigenvalue weighted by Crippen LogP contribution is 2.17. The number of hydrogen-bond acceptors (Lipinski definition) is 4. The Labute approximate surface area is 124 Å². The third-order valence-corrected chi connectivity index (χ3v) is 3.32. The van der Waals surface area contributed by atoms with E-state index in [4.69, 9.17) is 0 Å². The topological polar surface area (TPSA) is 66.9 Å². The highest BCUT2D eigenvalue weighted by molar-refractivity contribution is 5.91. The molecule has 0 saturated carbocycles. The lowest BCUT2D eigenvalue weighted by atomic mass is 9.99. The molecule has 2 N–H and O–H groups in total. The van der Waals surface area contributed by atoms with Crippen molar-refractivity contribution in [3.05, 3.63) is 53.2 Å². The molecule has 0 bridgehead atoms. The van der Waals surface area contributed by atoms with Crippen molar-refractivity contribution >= 4 is 11.7 Å². The van der Waals surface area contributed by atoms with Crippen LogP contribution in [0.5, 0.6) is 0 Å². The fourth-order valence-corrected chi connectivity index (χ4v) is 2.03. The molecule has 1 heterocycles. The molecule has 5 nitrogen and oxygen atoms in total. The molecule has 0 radical (unpaired) electrons. The Hall–Kier alpha value is -2.43. The van der Waals surface area contributed by atoms with Gasteiger partial charge in [-0.1, -0.05) is 36.8 Å². The molecule has 1 aromatic heterocycles. The number of carbonyl (C=O) groups excluding carboxylic acids is 1. The molecule has 0 fully saturated rings.